The number of methoxy groups -OCH3 is 1. The molecule has 0 bridgehead atoms. The normalized spacial score (nSPS) is 11.3. The van der Waals surface area contributed by atoms with Crippen molar-refractivity contribution >= 4 is 39.7 Å². The van der Waals surface area contributed by atoms with E-state index in [1.807, 2.05) is 61.5 Å². The van der Waals surface area contributed by atoms with E-state index in [0.29, 0.717) is 45.0 Å². The van der Waals surface area contributed by atoms with Crippen molar-refractivity contribution in [2.75, 3.05) is 19.0 Å². The van der Waals surface area contributed by atoms with Gasteiger partial charge in [0.25, 0.3) is 11.5 Å². The Hall–Kier alpha value is -5.70. The minimum atomic E-state index is -0.366. The molecule has 0 saturated heterocycles. The molecule has 2 aromatic heterocycles. The summed E-state index contributed by atoms with van der Waals surface area (Å²) in [7, 11) is 1.58. The molecule has 0 atom stereocenters. The number of furan rings is 1. The van der Waals surface area contributed by atoms with Gasteiger partial charge >= 0.3 is 0 Å². The maximum absolute atomic E-state index is 13.6. The molecule has 6 aromatic rings. The molecule has 0 unspecified atom stereocenters. The quantitative estimate of drug-likeness (QED) is 0.229. The smallest absolute Gasteiger partial charge is 0.282 e. The lowest BCUT2D eigenvalue weighted by molar-refractivity contribution is -0.118. The van der Waals surface area contributed by atoms with Gasteiger partial charge in [0.05, 0.1) is 29.6 Å². The van der Waals surface area contributed by atoms with Gasteiger partial charge in [-0.2, -0.15) is 9.78 Å². The number of hydrogen-bond donors (Lipinski definition) is 1. The highest BCUT2D eigenvalue weighted by Crippen LogP contribution is 2.33. The highest BCUT2D eigenvalue weighted by molar-refractivity contribution is 5.92. The van der Waals surface area contributed by atoms with Crippen LogP contribution in [0.2, 0.25) is 0 Å². The molecule has 0 radical (unpaired) electrons. The highest BCUT2D eigenvalue weighted by Gasteiger charge is 2.18. The maximum Gasteiger partial charge on any atom is 0.282 e. The van der Waals surface area contributed by atoms with Crippen molar-refractivity contribution in [3.05, 3.63) is 119 Å². The van der Waals surface area contributed by atoms with Crippen LogP contribution < -0.4 is 20.3 Å². The van der Waals surface area contributed by atoms with E-state index in [-0.39, 0.29) is 23.9 Å². The molecular weight excluding hydrogens is 532 g/mol. The van der Waals surface area contributed by atoms with Crippen molar-refractivity contribution in [1.82, 2.24) is 9.66 Å². The summed E-state index contributed by atoms with van der Waals surface area (Å²) >= 11 is 0. The van der Waals surface area contributed by atoms with Crippen LogP contribution in [0.15, 0.2) is 111 Å². The van der Waals surface area contributed by atoms with Crippen LogP contribution in [0.25, 0.3) is 33.5 Å². The standard InChI is InChI=1S/C33H26N4O5/c1-21-14-16-23(17-15-21)35-31(38)20-41-27-11-6-3-8-22(27)19-34-37-32(36-26-10-5-4-9-24(26)33(37)39)30-18-25-28(40-2)12-7-13-29(25)42-30/h3-19H,20H2,1-2H3,(H,35,38). The number of para-hydroxylation sites is 2. The van der Waals surface area contributed by atoms with Crippen LogP contribution in [0.4, 0.5) is 5.69 Å². The van der Waals surface area contributed by atoms with Gasteiger partial charge in [0.15, 0.2) is 12.4 Å². The van der Waals surface area contributed by atoms with Crippen LogP contribution in [0.5, 0.6) is 11.5 Å². The number of fused-ring (bicyclic) bond motifs is 2. The lowest BCUT2D eigenvalue weighted by Gasteiger charge is -2.10. The van der Waals surface area contributed by atoms with Gasteiger partial charge in [0.2, 0.25) is 5.82 Å². The van der Waals surface area contributed by atoms with E-state index in [2.05, 4.69) is 10.4 Å². The predicted molar refractivity (Wildman–Crippen MR) is 163 cm³/mol. The summed E-state index contributed by atoms with van der Waals surface area (Å²) in [5, 5.41) is 8.49. The summed E-state index contributed by atoms with van der Waals surface area (Å²) < 4.78 is 18.6. The summed E-state index contributed by atoms with van der Waals surface area (Å²) in [4.78, 5) is 30.9. The van der Waals surface area contributed by atoms with Crippen molar-refractivity contribution in [1.29, 1.82) is 0 Å². The first kappa shape index (κ1) is 26.5. The number of nitrogens with one attached hydrogen (secondary N) is 1. The third-order valence-corrected chi connectivity index (χ3v) is 6.64. The van der Waals surface area contributed by atoms with Gasteiger partial charge in [0.1, 0.15) is 17.1 Å². The Bertz CT molecular complexity index is 2010. The average Bonchev–Trinajstić information content (AvgIpc) is 3.46. The number of hydrogen-bond acceptors (Lipinski definition) is 7. The monoisotopic (exact) mass is 558 g/mol. The van der Waals surface area contributed by atoms with Crippen molar-refractivity contribution in [3.63, 3.8) is 0 Å². The highest BCUT2D eigenvalue weighted by atomic mass is 16.5. The van der Waals surface area contributed by atoms with Crippen molar-refractivity contribution in [3.8, 4) is 23.1 Å². The van der Waals surface area contributed by atoms with E-state index in [0.717, 1.165) is 10.9 Å². The Balaban J connectivity index is 1.34. The molecule has 2 heterocycles. The first-order valence-electron chi connectivity index (χ1n) is 13.2. The Morgan fingerprint density at radius 3 is 2.55 bits per heavy atom. The molecule has 9 nitrogen and oxygen atoms in total. The van der Waals surface area contributed by atoms with Crippen molar-refractivity contribution in [2.45, 2.75) is 6.92 Å². The molecule has 42 heavy (non-hydrogen) atoms. The Labute approximate surface area is 240 Å². The number of benzene rings is 4. The van der Waals surface area contributed by atoms with Gasteiger partial charge in [-0.3, -0.25) is 9.59 Å². The number of nitrogens with zero attached hydrogens (tertiary/aromatic N) is 3. The van der Waals surface area contributed by atoms with E-state index in [1.165, 1.54) is 10.9 Å². The zero-order valence-corrected chi connectivity index (χ0v) is 22.9. The van der Waals surface area contributed by atoms with Crippen molar-refractivity contribution < 1.29 is 18.7 Å². The van der Waals surface area contributed by atoms with E-state index in [4.69, 9.17) is 18.9 Å². The fourth-order valence-corrected chi connectivity index (χ4v) is 4.53. The summed E-state index contributed by atoms with van der Waals surface area (Å²) in [6.45, 7) is 1.77. The molecule has 0 aliphatic carbocycles. The van der Waals surface area contributed by atoms with Gasteiger partial charge in [-0.1, -0.05) is 48.0 Å². The topological polar surface area (TPSA) is 108 Å². The Morgan fingerprint density at radius 2 is 1.71 bits per heavy atom. The number of aryl methyl sites for hydroxylation is 1. The minimum absolute atomic E-state index is 0.206. The SMILES string of the molecule is COc1cccc2oc(-c3nc4ccccc4c(=O)n3N=Cc3ccccc3OCC(=O)Nc3ccc(C)cc3)cc12. The lowest BCUT2D eigenvalue weighted by Crippen LogP contribution is -2.21. The van der Waals surface area contributed by atoms with Gasteiger partial charge in [-0.25, -0.2) is 4.98 Å². The molecule has 6 rings (SSSR count). The Morgan fingerprint density at radius 1 is 0.952 bits per heavy atom. The lowest BCUT2D eigenvalue weighted by atomic mass is 10.2. The molecule has 0 aliphatic heterocycles. The molecule has 208 valence electrons. The number of amides is 1. The second kappa shape index (κ2) is 11.4. The molecule has 1 amide bonds. The largest absolute Gasteiger partial charge is 0.496 e. The van der Waals surface area contributed by atoms with Crippen LogP contribution >= 0.6 is 0 Å². The van der Waals surface area contributed by atoms with Crippen molar-refractivity contribution in [2.24, 2.45) is 5.10 Å². The summed E-state index contributed by atoms with van der Waals surface area (Å²) in [6, 6.07) is 28.9. The number of aromatic nitrogens is 2. The molecule has 0 saturated carbocycles. The summed E-state index contributed by atoms with van der Waals surface area (Å²) in [5.41, 5.74) is 3.09. The molecule has 0 spiro atoms. The van der Waals surface area contributed by atoms with Crippen LogP contribution in [-0.2, 0) is 4.79 Å². The number of carbonyl (C=O) groups excluding carboxylic acids is 1. The second-order valence-corrected chi connectivity index (χ2v) is 9.54. The fourth-order valence-electron chi connectivity index (χ4n) is 4.53. The zero-order chi connectivity index (χ0) is 29.1. The molecule has 1 N–H and O–H groups in total. The van der Waals surface area contributed by atoms with Crippen LogP contribution in [0, 0.1) is 6.92 Å². The maximum atomic E-state index is 13.6. The fraction of sp³-hybridized carbons (Fsp3) is 0.0909. The Kier molecular flexibility index (Phi) is 7.21. The summed E-state index contributed by atoms with van der Waals surface area (Å²) in [5.74, 6) is 1.34. The van der Waals surface area contributed by atoms with Gasteiger partial charge < -0.3 is 19.2 Å². The van der Waals surface area contributed by atoms with E-state index >= 15 is 0 Å². The predicted octanol–water partition coefficient (Wildman–Crippen LogP) is 6.03. The number of anilines is 1. The van der Waals surface area contributed by atoms with E-state index < -0.39 is 0 Å². The molecular formula is C33H26N4O5. The molecule has 0 fully saturated rings. The first-order chi connectivity index (χ1) is 20.5. The third kappa shape index (κ3) is 5.35. The molecule has 0 aliphatic rings. The molecule has 9 heteroatoms. The van der Waals surface area contributed by atoms with Gasteiger partial charge in [-0.15, -0.1) is 0 Å². The number of ether oxygens (including phenoxy) is 2. The third-order valence-electron chi connectivity index (χ3n) is 6.64. The summed E-state index contributed by atoms with van der Waals surface area (Å²) in [6.07, 6.45) is 1.50. The molecule has 4 aromatic carbocycles. The van der Waals surface area contributed by atoms with Crippen LogP contribution in [0.1, 0.15) is 11.1 Å². The number of carbonyl (C=O) groups is 1. The van der Waals surface area contributed by atoms with Crippen LogP contribution in [-0.4, -0.2) is 35.5 Å². The minimum Gasteiger partial charge on any atom is -0.496 e. The van der Waals surface area contributed by atoms with E-state index in [1.54, 1.807) is 49.6 Å². The number of rotatable bonds is 8. The zero-order valence-electron chi connectivity index (χ0n) is 22.9. The van der Waals surface area contributed by atoms with E-state index in [9.17, 15) is 9.59 Å². The average molecular weight is 559 g/mol. The second-order valence-electron chi connectivity index (χ2n) is 9.54. The van der Waals surface area contributed by atoms with Crippen LogP contribution in [0.3, 0.4) is 0 Å². The van der Waals surface area contributed by atoms with Gasteiger partial charge in [-0.05, 0) is 61.5 Å². The van der Waals surface area contributed by atoms with Gasteiger partial charge in [0, 0.05) is 11.3 Å². The first-order valence-corrected chi connectivity index (χ1v) is 13.2.